The first-order valence-electron chi connectivity index (χ1n) is 9.04. The predicted molar refractivity (Wildman–Crippen MR) is 98.1 cm³/mol. The minimum Gasteiger partial charge on any atom is -0.296 e. The Balaban J connectivity index is 1.65. The summed E-state index contributed by atoms with van der Waals surface area (Å²) in [6.45, 7) is 6.05. The third kappa shape index (κ3) is 4.23. The van der Waals surface area contributed by atoms with Crippen molar-refractivity contribution in [3.05, 3.63) is 47.3 Å². The van der Waals surface area contributed by atoms with Gasteiger partial charge in [0.2, 0.25) is 10.0 Å². The van der Waals surface area contributed by atoms with Gasteiger partial charge in [-0.1, -0.05) is 18.2 Å². The molecule has 0 atom stereocenters. The number of benzene rings is 1. The SMILES string of the molecule is CCn1ncc(S(=O)(=O)N2CCN(Cc3cccc(C(F)(F)F)c3)CC2)c1C. The number of piperazine rings is 1. The number of halogens is 3. The second-order valence-electron chi connectivity index (χ2n) is 6.79. The highest BCUT2D eigenvalue weighted by molar-refractivity contribution is 7.89. The number of hydrogen-bond donors (Lipinski definition) is 0. The second-order valence-corrected chi connectivity index (χ2v) is 8.69. The van der Waals surface area contributed by atoms with Gasteiger partial charge in [-0.15, -0.1) is 0 Å². The van der Waals surface area contributed by atoms with Crippen LogP contribution < -0.4 is 0 Å². The van der Waals surface area contributed by atoms with Crippen molar-refractivity contribution in [3.63, 3.8) is 0 Å². The Labute approximate surface area is 162 Å². The first-order chi connectivity index (χ1) is 13.1. The maximum absolute atomic E-state index is 12.9. The minimum atomic E-state index is -4.37. The Morgan fingerprint density at radius 2 is 1.82 bits per heavy atom. The van der Waals surface area contributed by atoms with Gasteiger partial charge in [-0.25, -0.2) is 8.42 Å². The van der Waals surface area contributed by atoms with Crippen molar-refractivity contribution >= 4 is 10.0 Å². The molecule has 6 nitrogen and oxygen atoms in total. The molecule has 0 bridgehead atoms. The van der Waals surface area contributed by atoms with Gasteiger partial charge in [0.15, 0.2) is 0 Å². The largest absolute Gasteiger partial charge is 0.416 e. The van der Waals surface area contributed by atoms with E-state index < -0.39 is 21.8 Å². The lowest BCUT2D eigenvalue weighted by atomic mass is 10.1. The van der Waals surface area contributed by atoms with Crippen LogP contribution in [0.3, 0.4) is 0 Å². The van der Waals surface area contributed by atoms with Gasteiger partial charge in [0.1, 0.15) is 4.90 Å². The highest BCUT2D eigenvalue weighted by atomic mass is 32.2. The van der Waals surface area contributed by atoms with E-state index in [1.165, 1.54) is 16.6 Å². The molecule has 0 N–H and O–H groups in total. The molecule has 1 aromatic carbocycles. The Kier molecular flexibility index (Phi) is 5.83. The van der Waals surface area contributed by atoms with Gasteiger partial charge < -0.3 is 0 Å². The molecule has 154 valence electrons. The number of aryl methyl sites for hydroxylation is 1. The van der Waals surface area contributed by atoms with Crippen molar-refractivity contribution in [2.75, 3.05) is 26.2 Å². The summed E-state index contributed by atoms with van der Waals surface area (Å²) in [5.41, 5.74) is 0.495. The van der Waals surface area contributed by atoms with Gasteiger partial charge in [0.25, 0.3) is 0 Å². The Bertz CT molecular complexity index is 933. The Hall–Kier alpha value is -1.91. The van der Waals surface area contributed by atoms with Crippen molar-refractivity contribution in [2.24, 2.45) is 0 Å². The summed E-state index contributed by atoms with van der Waals surface area (Å²) < 4.78 is 67.4. The van der Waals surface area contributed by atoms with E-state index in [9.17, 15) is 21.6 Å². The van der Waals surface area contributed by atoms with Gasteiger partial charge in [-0.2, -0.15) is 22.6 Å². The van der Waals surface area contributed by atoms with Gasteiger partial charge in [-0.05, 0) is 25.5 Å². The van der Waals surface area contributed by atoms with Crippen LogP contribution in [0.25, 0.3) is 0 Å². The van der Waals surface area contributed by atoms with E-state index in [0.717, 1.165) is 12.1 Å². The molecule has 0 radical (unpaired) electrons. The summed E-state index contributed by atoms with van der Waals surface area (Å²) >= 11 is 0. The molecule has 3 rings (SSSR count). The molecule has 0 amide bonds. The first-order valence-corrected chi connectivity index (χ1v) is 10.5. The van der Waals surface area contributed by atoms with Gasteiger partial charge in [0, 0.05) is 39.3 Å². The summed E-state index contributed by atoms with van der Waals surface area (Å²) in [6.07, 6.45) is -2.99. The minimum absolute atomic E-state index is 0.209. The molecule has 1 aromatic heterocycles. The zero-order valence-corrected chi connectivity index (χ0v) is 16.6. The molecular weight excluding hydrogens is 393 g/mol. The molecule has 2 aromatic rings. The quantitative estimate of drug-likeness (QED) is 0.752. The zero-order chi connectivity index (χ0) is 20.5. The molecule has 2 heterocycles. The number of aromatic nitrogens is 2. The normalized spacial score (nSPS) is 17.2. The molecular formula is C18H23F3N4O2S. The molecule has 28 heavy (non-hydrogen) atoms. The van der Waals surface area contributed by atoms with Crippen molar-refractivity contribution in [2.45, 2.75) is 38.0 Å². The lowest BCUT2D eigenvalue weighted by molar-refractivity contribution is -0.137. The van der Waals surface area contributed by atoms with Crippen LogP contribution in [0.15, 0.2) is 35.4 Å². The number of rotatable bonds is 5. The number of sulfonamides is 1. The average molecular weight is 416 g/mol. The van der Waals surface area contributed by atoms with Gasteiger partial charge in [0.05, 0.1) is 17.5 Å². The third-order valence-corrected chi connectivity index (χ3v) is 6.97. The number of hydrogen-bond acceptors (Lipinski definition) is 4. The van der Waals surface area contributed by atoms with E-state index in [4.69, 9.17) is 0 Å². The maximum Gasteiger partial charge on any atom is 0.416 e. The van der Waals surface area contributed by atoms with Crippen LogP contribution >= 0.6 is 0 Å². The van der Waals surface area contributed by atoms with Crippen molar-refractivity contribution in [3.8, 4) is 0 Å². The molecule has 0 aliphatic carbocycles. The highest BCUT2D eigenvalue weighted by Crippen LogP contribution is 2.30. The second kappa shape index (κ2) is 7.84. The van der Waals surface area contributed by atoms with E-state index in [-0.39, 0.29) is 18.0 Å². The van der Waals surface area contributed by atoms with Crippen LogP contribution in [0.5, 0.6) is 0 Å². The van der Waals surface area contributed by atoms with E-state index in [2.05, 4.69) is 5.10 Å². The van der Waals surface area contributed by atoms with Crippen LogP contribution in [0.4, 0.5) is 13.2 Å². The predicted octanol–water partition coefficient (Wildman–Crippen LogP) is 2.74. The van der Waals surface area contributed by atoms with Crippen LogP contribution in [0.2, 0.25) is 0 Å². The number of alkyl halides is 3. The first kappa shape index (κ1) is 20.8. The molecule has 1 fully saturated rings. The fourth-order valence-electron chi connectivity index (χ4n) is 3.37. The fraction of sp³-hybridized carbons (Fsp3) is 0.500. The van der Waals surface area contributed by atoms with E-state index in [0.29, 0.717) is 37.4 Å². The van der Waals surface area contributed by atoms with Crippen molar-refractivity contribution in [1.29, 1.82) is 0 Å². The summed E-state index contributed by atoms with van der Waals surface area (Å²) in [5.74, 6) is 0. The summed E-state index contributed by atoms with van der Waals surface area (Å²) in [4.78, 5) is 2.17. The molecule has 0 unspecified atom stereocenters. The van der Waals surface area contributed by atoms with Crippen LogP contribution in [0, 0.1) is 6.92 Å². The van der Waals surface area contributed by atoms with E-state index in [1.807, 2.05) is 11.8 Å². The van der Waals surface area contributed by atoms with Crippen LogP contribution in [0.1, 0.15) is 23.7 Å². The highest BCUT2D eigenvalue weighted by Gasteiger charge is 2.32. The Morgan fingerprint density at radius 3 is 2.39 bits per heavy atom. The lowest BCUT2D eigenvalue weighted by Gasteiger charge is -2.34. The Morgan fingerprint density at radius 1 is 1.14 bits per heavy atom. The third-order valence-electron chi connectivity index (χ3n) is 4.97. The molecule has 0 spiro atoms. The molecule has 1 aliphatic heterocycles. The molecule has 10 heteroatoms. The molecule has 1 saturated heterocycles. The lowest BCUT2D eigenvalue weighted by Crippen LogP contribution is -2.48. The topological polar surface area (TPSA) is 58.4 Å². The van der Waals surface area contributed by atoms with Crippen molar-refractivity contribution < 1.29 is 21.6 Å². The van der Waals surface area contributed by atoms with Gasteiger partial charge >= 0.3 is 6.18 Å². The smallest absolute Gasteiger partial charge is 0.296 e. The van der Waals surface area contributed by atoms with Crippen LogP contribution in [-0.2, 0) is 29.3 Å². The average Bonchev–Trinajstić information content (AvgIpc) is 3.03. The zero-order valence-electron chi connectivity index (χ0n) is 15.8. The van der Waals surface area contributed by atoms with Crippen LogP contribution in [-0.4, -0.2) is 53.6 Å². The summed E-state index contributed by atoms with van der Waals surface area (Å²) in [6, 6.07) is 5.24. The molecule has 0 saturated carbocycles. The fourth-order valence-corrected chi connectivity index (χ4v) is 4.95. The van der Waals surface area contributed by atoms with E-state index >= 15 is 0 Å². The van der Waals surface area contributed by atoms with E-state index in [1.54, 1.807) is 17.7 Å². The number of nitrogens with zero attached hydrogens (tertiary/aromatic N) is 4. The van der Waals surface area contributed by atoms with Crippen molar-refractivity contribution in [1.82, 2.24) is 19.0 Å². The summed E-state index contributed by atoms with van der Waals surface area (Å²) in [5, 5.41) is 4.10. The standard InChI is InChI=1S/C18H23F3N4O2S/c1-3-25-14(2)17(12-22-25)28(26,27)24-9-7-23(8-10-24)13-15-5-4-6-16(11-15)18(19,20)21/h4-6,11-12H,3,7-10,13H2,1-2H3. The monoisotopic (exact) mass is 416 g/mol. The summed E-state index contributed by atoms with van der Waals surface area (Å²) in [7, 11) is -3.63. The molecule has 1 aliphatic rings. The maximum atomic E-state index is 12.9. The van der Waals surface area contributed by atoms with Gasteiger partial charge in [-0.3, -0.25) is 9.58 Å².